The first-order valence-electron chi connectivity index (χ1n) is 6.78. The van der Waals surface area contributed by atoms with Gasteiger partial charge in [-0.05, 0) is 43.3 Å². The van der Waals surface area contributed by atoms with Crippen molar-refractivity contribution < 1.29 is 5.11 Å². The van der Waals surface area contributed by atoms with E-state index in [-0.39, 0.29) is 5.75 Å². The minimum absolute atomic E-state index is 0.205. The highest BCUT2D eigenvalue weighted by atomic mass is 35.5. The van der Waals surface area contributed by atoms with Gasteiger partial charge in [0.05, 0.1) is 16.9 Å². The number of hydrazone groups is 1. The summed E-state index contributed by atoms with van der Waals surface area (Å²) < 4.78 is 0. The number of para-hydroxylation sites is 1. The second kappa shape index (κ2) is 6.03. The summed E-state index contributed by atoms with van der Waals surface area (Å²) in [5.74, 6) is 0.205. The molecule has 4 nitrogen and oxygen atoms in total. The molecule has 3 aromatic rings. The topological polar surface area (TPSA) is 57.5 Å². The van der Waals surface area contributed by atoms with Crippen molar-refractivity contribution in [3.8, 4) is 5.75 Å². The van der Waals surface area contributed by atoms with Crippen LogP contribution in [0, 0.1) is 0 Å². The van der Waals surface area contributed by atoms with Crippen molar-refractivity contribution in [1.82, 2.24) is 4.98 Å². The summed E-state index contributed by atoms with van der Waals surface area (Å²) >= 11 is 5.98. The first-order chi connectivity index (χ1) is 10.6. The molecule has 1 aromatic heterocycles. The van der Waals surface area contributed by atoms with E-state index in [9.17, 15) is 5.11 Å². The van der Waals surface area contributed by atoms with Crippen LogP contribution in [0.25, 0.3) is 10.9 Å². The van der Waals surface area contributed by atoms with Crippen molar-refractivity contribution in [2.75, 3.05) is 5.43 Å². The molecule has 0 spiro atoms. The van der Waals surface area contributed by atoms with Crippen molar-refractivity contribution >= 4 is 33.9 Å². The van der Waals surface area contributed by atoms with Gasteiger partial charge in [0.25, 0.3) is 0 Å². The highest BCUT2D eigenvalue weighted by Gasteiger charge is 2.05. The molecule has 1 heterocycles. The predicted octanol–water partition coefficient (Wildman–Crippen LogP) is 4.43. The van der Waals surface area contributed by atoms with Crippen LogP contribution >= 0.6 is 11.6 Å². The van der Waals surface area contributed by atoms with Gasteiger partial charge in [-0.25, -0.2) is 0 Å². The van der Waals surface area contributed by atoms with Gasteiger partial charge in [0.15, 0.2) is 0 Å². The first-order valence-corrected chi connectivity index (χ1v) is 7.16. The van der Waals surface area contributed by atoms with Gasteiger partial charge in [0.2, 0.25) is 0 Å². The van der Waals surface area contributed by atoms with E-state index in [2.05, 4.69) is 15.5 Å². The zero-order chi connectivity index (χ0) is 15.5. The van der Waals surface area contributed by atoms with Gasteiger partial charge in [-0.2, -0.15) is 5.10 Å². The smallest absolute Gasteiger partial charge is 0.124 e. The van der Waals surface area contributed by atoms with Crippen molar-refractivity contribution in [1.29, 1.82) is 0 Å². The Labute approximate surface area is 133 Å². The molecule has 5 heteroatoms. The monoisotopic (exact) mass is 311 g/mol. The number of benzene rings is 2. The predicted molar refractivity (Wildman–Crippen MR) is 90.7 cm³/mol. The zero-order valence-electron chi connectivity index (χ0n) is 11.9. The Hall–Kier alpha value is -2.59. The number of halogens is 1. The number of aromatic nitrogens is 1. The van der Waals surface area contributed by atoms with Crippen LogP contribution in [0.1, 0.15) is 12.5 Å². The Balaban J connectivity index is 1.94. The summed E-state index contributed by atoms with van der Waals surface area (Å²) in [6.45, 7) is 1.84. The molecular weight excluding hydrogens is 298 g/mol. The largest absolute Gasteiger partial charge is 0.507 e. The molecule has 2 N–H and O–H groups in total. The average Bonchev–Trinajstić information content (AvgIpc) is 2.52. The minimum Gasteiger partial charge on any atom is -0.507 e. The van der Waals surface area contributed by atoms with Crippen molar-refractivity contribution in [3.63, 3.8) is 0 Å². The molecule has 110 valence electrons. The van der Waals surface area contributed by atoms with Crippen LogP contribution in [-0.4, -0.2) is 15.8 Å². The number of fused-ring (bicyclic) bond motifs is 1. The SMILES string of the molecule is C/C(=N\Nc1ccnc2cc(Cl)ccc12)c1ccccc1O. The maximum atomic E-state index is 9.85. The van der Waals surface area contributed by atoms with E-state index in [1.165, 1.54) is 0 Å². The number of nitrogens with zero attached hydrogens (tertiary/aromatic N) is 2. The quantitative estimate of drug-likeness (QED) is 0.555. The molecule has 0 aliphatic heterocycles. The molecule has 0 radical (unpaired) electrons. The fraction of sp³-hybridized carbons (Fsp3) is 0.0588. The summed E-state index contributed by atoms with van der Waals surface area (Å²) in [6, 6.07) is 14.5. The molecule has 22 heavy (non-hydrogen) atoms. The second-order valence-corrected chi connectivity index (χ2v) is 5.28. The zero-order valence-corrected chi connectivity index (χ0v) is 12.7. The molecule has 0 unspecified atom stereocenters. The minimum atomic E-state index is 0.205. The molecule has 0 aliphatic carbocycles. The van der Waals surface area contributed by atoms with E-state index in [1.807, 2.05) is 43.3 Å². The van der Waals surface area contributed by atoms with Crippen LogP contribution in [-0.2, 0) is 0 Å². The van der Waals surface area contributed by atoms with E-state index in [0.717, 1.165) is 16.6 Å². The van der Waals surface area contributed by atoms with Crippen LogP contribution in [0.5, 0.6) is 5.75 Å². The van der Waals surface area contributed by atoms with E-state index >= 15 is 0 Å². The van der Waals surface area contributed by atoms with Gasteiger partial charge in [-0.15, -0.1) is 0 Å². The fourth-order valence-electron chi connectivity index (χ4n) is 2.20. The Morgan fingerprint density at radius 1 is 1.18 bits per heavy atom. The first kappa shape index (κ1) is 14.4. The fourth-order valence-corrected chi connectivity index (χ4v) is 2.37. The second-order valence-electron chi connectivity index (χ2n) is 4.85. The number of phenolic OH excluding ortho intramolecular Hbond substituents is 1. The lowest BCUT2D eigenvalue weighted by Gasteiger charge is -2.08. The van der Waals surface area contributed by atoms with Crippen LogP contribution in [0.15, 0.2) is 59.8 Å². The van der Waals surface area contributed by atoms with Crippen LogP contribution in [0.3, 0.4) is 0 Å². The summed E-state index contributed by atoms with van der Waals surface area (Å²) in [5, 5.41) is 15.8. The van der Waals surface area contributed by atoms with Gasteiger partial charge in [0.1, 0.15) is 5.75 Å². The highest BCUT2D eigenvalue weighted by Crippen LogP contribution is 2.24. The van der Waals surface area contributed by atoms with Crippen LogP contribution < -0.4 is 5.43 Å². The number of hydrogen-bond acceptors (Lipinski definition) is 4. The molecular formula is C17H14ClN3O. The average molecular weight is 312 g/mol. The van der Waals surface area contributed by atoms with Gasteiger partial charge in [-0.1, -0.05) is 23.7 Å². The number of hydrogen-bond donors (Lipinski definition) is 2. The lowest BCUT2D eigenvalue weighted by Crippen LogP contribution is -2.00. The number of rotatable bonds is 3. The lowest BCUT2D eigenvalue weighted by atomic mass is 10.1. The standard InChI is InChI=1S/C17H14ClN3O/c1-11(13-4-2-3-5-17(13)22)20-21-15-8-9-19-16-10-12(18)6-7-14(15)16/h2-10,22H,1H3,(H,19,21)/b20-11+. The maximum Gasteiger partial charge on any atom is 0.124 e. The van der Waals surface area contributed by atoms with Crippen molar-refractivity contribution in [3.05, 3.63) is 65.3 Å². The third-order valence-electron chi connectivity index (χ3n) is 3.34. The third kappa shape index (κ3) is 2.87. The maximum absolute atomic E-state index is 9.85. The highest BCUT2D eigenvalue weighted by molar-refractivity contribution is 6.31. The number of phenols is 1. The molecule has 0 saturated heterocycles. The number of anilines is 1. The summed E-state index contributed by atoms with van der Waals surface area (Å²) in [7, 11) is 0. The lowest BCUT2D eigenvalue weighted by molar-refractivity contribution is 0.474. The van der Waals surface area contributed by atoms with Crippen LogP contribution in [0.4, 0.5) is 5.69 Å². The molecule has 0 bridgehead atoms. The molecule has 0 fully saturated rings. The Morgan fingerprint density at radius 2 is 2.00 bits per heavy atom. The van der Waals surface area contributed by atoms with Gasteiger partial charge >= 0.3 is 0 Å². The Bertz CT molecular complexity index is 861. The Kier molecular flexibility index (Phi) is 3.94. The van der Waals surface area contributed by atoms with Crippen molar-refractivity contribution in [2.45, 2.75) is 6.92 Å². The third-order valence-corrected chi connectivity index (χ3v) is 3.58. The van der Waals surface area contributed by atoms with E-state index in [1.54, 1.807) is 18.3 Å². The number of aromatic hydroxyl groups is 1. The number of pyridine rings is 1. The summed E-state index contributed by atoms with van der Waals surface area (Å²) in [6.07, 6.45) is 1.70. The Morgan fingerprint density at radius 3 is 2.82 bits per heavy atom. The molecule has 0 amide bonds. The van der Waals surface area contributed by atoms with Crippen molar-refractivity contribution in [2.24, 2.45) is 5.10 Å². The molecule has 3 rings (SSSR count). The molecule has 2 aromatic carbocycles. The van der Waals surface area contributed by atoms with E-state index < -0.39 is 0 Å². The number of nitrogens with one attached hydrogen (secondary N) is 1. The van der Waals surface area contributed by atoms with E-state index in [0.29, 0.717) is 16.3 Å². The van der Waals surface area contributed by atoms with E-state index in [4.69, 9.17) is 11.6 Å². The summed E-state index contributed by atoms with van der Waals surface area (Å²) in [5.41, 5.74) is 6.04. The molecule has 0 aliphatic rings. The van der Waals surface area contributed by atoms with Gasteiger partial charge < -0.3 is 5.11 Å². The normalized spacial score (nSPS) is 11.6. The summed E-state index contributed by atoms with van der Waals surface area (Å²) in [4.78, 5) is 4.29. The van der Waals surface area contributed by atoms with Gasteiger partial charge in [-0.3, -0.25) is 10.4 Å². The molecule has 0 atom stereocenters. The van der Waals surface area contributed by atoms with Gasteiger partial charge in [0, 0.05) is 22.2 Å². The molecule has 0 saturated carbocycles. The van der Waals surface area contributed by atoms with Crippen LogP contribution in [0.2, 0.25) is 5.02 Å².